The SMILES string of the molecule is COC[C@H]1O[C@@H](S/C(Cc2ccc(O)cc2)=N\OS(=O)(=O)O)[C@H](O)[C@@H](O)[C@@H]1O. The number of phenolic OH excluding ortho intramolecular Hbond substituents is 1. The fourth-order valence-electron chi connectivity index (χ4n) is 2.42. The molecule has 5 atom stereocenters. The first-order valence-electron chi connectivity index (χ1n) is 7.97. The van der Waals surface area contributed by atoms with Gasteiger partial charge >= 0.3 is 10.4 Å². The van der Waals surface area contributed by atoms with E-state index in [9.17, 15) is 28.8 Å². The van der Waals surface area contributed by atoms with Gasteiger partial charge in [-0.05, 0) is 17.7 Å². The molecule has 5 N–H and O–H groups in total. The summed E-state index contributed by atoms with van der Waals surface area (Å²) >= 11 is 0.737. The predicted molar refractivity (Wildman–Crippen MR) is 98.0 cm³/mol. The van der Waals surface area contributed by atoms with Crippen LogP contribution < -0.4 is 0 Å². The summed E-state index contributed by atoms with van der Waals surface area (Å²) in [7, 11) is -3.50. The summed E-state index contributed by atoms with van der Waals surface area (Å²) in [4.78, 5) is 0. The number of aromatic hydroxyl groups is 1. The Kier molecular flexibility index (Phi) is 8.03. The van der Waals surface area contributed by atoms with Gasteiger partial charge in [0, 0.05) is 13.5 Å². The van der Waals surface area contributed by atoms with Crippen molar-refractivity contribution >= 4 is 27.2 Å². The zero-order valence-corrected chi connectivity index (χ0v) is 16.3. The van der Waals surface area contributed by atoms with Crippen molar-refractivity contribution in [2.24, 2.45) is 5.16 Å². The molecule has 0 bridgehead atoms. The van der Waals surface area contributed by atoms with E-state index in [1.165, 1.54) is 19.2 Å². The van der Waals surface area contributed by atoms with Gasteiger partial charge in [0.25, 0.3) is 0 Å². The highest BCUT2D eigenvalue weighted by atomic mass is 32.3. The minimum atomic E-state index is -4.86. The van der Waals surface area contributed by atoms with Crippen LogP contribution in [0.25, 0.3) is 0 Å². The van der Waals surface area contributed by atoms with Gasteiger partial charge in [-0.1, -0.05) is 29.1 Å². The van der Waals surface area contributed by atoms with E-state index in [4.69, 9.17) is 14.0 Å². The van der Waals surface area contributed by atoms with Crippen LogP contribution in [-0.4, -0.2) is 82.0 Å². The van der Waals surface area contributed by atoms with Gasteiger partial charge in [-0.2, -0.15) is 8.42 Å². The van der Waals surface area contributed by atoms with Gasteiger partial charge in [0.2, 0.25) is 0 Å². The monoisotopic (exact) mass is 439 g/mol. The molecule has 1 aliphatic rings. The Morgan fingerprint density at radius 3 is 2.39 bits per heavy atom. The Morgan fingerprint density at radius 1 is 1.18 bits per heavy atom. The summed E-state index contributed by atoms with van der Waals surface area (Å²) in [6.07, 6.45) is -5.40. The van der Waals surface area contributed by atoms with Gasteiger partial charge in [0.05, 0.1) is 6.61 Å². The number of methoxy groups -OCH3 is 1. The first-order chi connectivity index (χ1) is 13.1. The van der Waals surface area contributed by atoms with E-state index in [2.05, 4.69) is 9.44 Å². The van der Waals surface area contributed by atoms with Crippen molar-refractivity contribution in [3.8, 4) is 5.75 Å². The van der Waals surface area contributed by atoms with Crippen LogP contribution in [0.5, 0.6) is 5.75 Å². The summed E-state index contributed by atoms with van der Waals surface area (Å²) in [5, 5.41) is 42.8. The lowest BCUT2D eigenvalue weighted by Crippen LogP contribution is -2.57. The Balaban J connectivity index is 2.21. The second-order valence-corrected chi connectivity index (χ2v) is 8.09. The molecule has 0 spiro atoms. The predicted octanol–water partition coefficient (Wildman–Crippen LogP) is -0.745. The van der Waals surface area contributed by atoms with Crippen LogP contribution in [0.1, 0.15) is 5.56 Å². The fourth-order valence-corrected chi connectivity index (χ4v) is 3.75. The molecule has 1 aromatic rings. The molecule has 0 aromatic heterocycles. The number of aliphatic hydroxyl groups excluding tert-OH is 3. The first-order valence-corrected chi connectivity index (χ1v) is 10.2. The Morgan fingerprint density at radius 2 is 1.82 bits per heavy atom. The van der Waals surface area contributed by atoms with Gasteiger partial charge in [0.1, 0.15) is 40.6 Å². The quantitative estimate of drug-likeness (QED) is 0.156. The van der Waals surface area contributed by atoms with Crippen LogP contribution in [0.2, 0.25) is 0 Å². The van der Waals surface area contributed by atoms with Crippen LogP contribution in [0.15, 0.2) is 29.4 Å². The van der Waals surface area contributed by atoms with Crippen LogP contribution in [0, 0.1) is 0 Å². The van der Waals surface area contributed by atoms with Gasteiger partial charge in [-0.15, -0.1) is 0 Å². The average molecular weight is 439 g/mol. The van der Waals surface area contributed by atoms with Gasteiger partial charge in [-0.25, -0.2) is 4.28 Å². The molecule has 13 heteroatoms. The highest BCUT2D eigenvalue weighted by molar-refractivity contribution is 8.14. The molecule has 11 nitrogen and oxygen atoms in total. The number of nitrogens with zero attached hydrogens (tertiary/aromatic N) is 1. The number of benzene rings is 1. The summed E-state index contributed by atoms with van der Waals surface area (Å²) in [5.74, 6) is 0.0228. The molecular weight excluding hydrogens is 418 g/mol. The number of phenols is 1. The standard InChI is InChI=1S/C15H21NO10S2/c1-24-7-10-12(18)13(19)14(20)15(25-10)27-11(16-26-28(21,22)23)6-8-2-4-9(17)5-3-8/h2-5,10,12-15,17-20H,6-7H2,1H3,(H,21,22,23)/b16-11-/t10-,12-,13+,14-,15+/m1/s1. The fraction of sp³-hybridized carbons (Fsp3) is 0.533. The highest BCUT2D eigenvalue weighted by Gasteiger charge is 2.44. The summed E-state index contributed by atoms with van der Waals surface area (Å²) in [5.41, 5.74) is -0.540. The second-order valence-electron chi connectivity index (χ2n) is 5.92. The lowest BCUT2D eigenvalue weighted by Gasteiger charge is -2.40. The van der Waals surface area contributed by atoms with E-state index in [0.29, 0.717) is 5.56 Å². The third-order valence-corrected chi connectivity index (χ3v) is 5.15. The number of aliphatic hydroxyl groups is 3. The number of thioether (sulfide) groups is 1. The molecule has 0 amide bonds. The lowest BCUT2D eigenvalue weighted by atomic mass is 10.0. The third kappa shape index (κ3) is 6.56. The maximum absolute atomic E-state index is 10.8. The van der Waals surface area contributed by atoms with Crippen molar-refractivity contribution in [1.29, 1.82) is 0 Å². The van der Waals surface area contributed by atoms with Crippen LogP contribution in [-0.2, 0) is 30.6 Å². The molecule has 158 valence electrons. The van der Waals surface area contributed by atoms with E-state index in [0.717, 1.165) is 11.8 Å². The zero-order valence-electron chi connectivity index (χ0n) is 14.7. The second kappa shape index (κ2) is 9.84. The molecule has 0 aliphatic carbocycles. The third-order valence-electron chi connectivity index (χ3n) is 3.78. The lowest BCUT2D eigenvalue weighted by molar-refractivity contribution is -0.207. The van der Waals surface area contributed by atoms with Crippen molar-refractivity contribution in [3.05, 3.63) is 29.8 Å². The van der Waals surface area contributed by atoms with Crippen LogP contribution in [0.4, 0.5) is 0 Å². The highest BCUT2D eigenvalue weighted by Crippen LogP contribution is 2.30. The Labute approximate surface area is 165 Å². The smallest absolute Gasteiger partial charge is 0.466 e. The Hall–Kier alpha value is -1.45. The van der Waals surface area contributed by atoms with Crippen molar-refractivity contribution in [3.63, 3.8) is 0 Å². The van der Waals surface area contributed by atoms with Gasteiger partial charge in [0.15, 0.2) is 0 Å². The number of hydrogen-bond donors (Lipinski definition) is 5. The van der Waals surface area contributed by atoms with E-state index < -0.39 is 40.3 Å². The molecule has 0 saturated carbocycles. The van der Waals surface area contributed by atoms with Crippen LogP contribution >= 0.6 is 11.8 Å². The maximum atomic E-state index is 10.8. The average Bonchev–Trinajstić information content (AvgIpc) is 2.63. The molecule has 0 radical (unpaired) electrons. The first kappa shape index (κ1) is 22.8. The molecule has 1 saturated heterocycles. The largest absolute Gasteiger partial charge is 0.508 e. The molecule has 28 heavy (non-hydrogen) atoms. The van der Waals surface area contributed by atoms with E-state index in [-0.39, 0.29) is 23.8 Å². The van der Waals surface area contributed by atoms with Gasteiger partial charge in [-0.3, -0.25) is 4.55 Å². The van der Waals surface area contributed by atoms with Crippen molar-refractivity contribution in [2.45, 2.75) is 36.3 Å². The minimum Gasteiger partial charge on any atom is -0.508 e. The summed E-state index contributed by atoms with van der Waals surface area (Å²) in [6, 6.07) is 5.90. The van der Waals surface area contributed by atoms with Crippen molar-refractivity contribution < 1.29 is 47.2 Å². The molecule has 2 rings (SSSR count). The molecule has 1 aliphatic heterocycles. The molecule has 0 unspecified atom stereocenters. The zero-order chi connectivity index (χ0) is 20.9. The van der Waals surface area contributed by atoms with Crippen molar-refractivity contribution in [1.82, 2.24) is 0 Å². The van der Waals surface area contributed by atoms with Gasteiger partial charge < -0.3 is 29.9 Å². The maximum Gasteiger partial charge on any atom is 0.466 e. The number of rotatable bonds is 7. The Bertz CT molecular complexity index is 770. The normalized spacial score (nSPS) is 28.9. The number of oxime groups is 1. The molecule has 1 fully saturated rings. The summed E-state index contributed by atoms with van der Waals surface area (Å²) in [6.45, 7) is -0.0615. The van der Waals surface area contributed by atoms with Crippen molar-refractivity contribution in [2.75, 3.05) is 13.7 Å². The minimum absolute atomic E-state index is 0.000635. The number of ether oxygens (including phenoxy) is 2. The molecular formula is C15H21NO10S2. The van der Waals surface area contributed by atoms with E-state index in [1.807, 2.05) is 0 Å². The van der Waals surface area contributed by atoms with E-state index >= 15 is 0 Å². The molecule has 1 heterocycles. The topological polar surface area (TPSA) is 175 Å². The van der Waals surface area contributed by atoms with Crippen LogP contribution in [0.3, 0.4) is 0 Å². The number of hydrogen-bond acceptors (Lipinski definition) is 11. The molecule has 1 aromatic carbocycles. The summed E-state index contributed by atoms with van der Waals surface area (Å²) < 4.78 is 44.9. The van der Waals surface area contributed by atoms with E-state index in [1.54, 1.807) is 12.1 Å².